The van der Waals surface area contributed by atoms with Gasteiger partial charge in [-0.1, -0.05) is 40.9 Å². The van der Waals surface area contributed by atoms with Gasteiger partial charge < -0.3 is 9.47 Å². The predicted octanol–water partition coefficient (Wildman–Crippen LogP) is 3.17. The van der Waals surface area contributed by atoms with Crippen LogP contribution in [0.15, 0.2) is 42.5 Å². The van der Waals surface area contributed by atoms with Gasteiger partial charge >= 0.3 is 0 Å². The molecule has 2 amide bonds. The second kappa shape index (κ2) is 10.8. The number of hydrogen-bond acceptors (Lipinski definition) is 5. The van der Waals surface area contributed by atoms with Gasteiger partial charge in [0.1, 0.15) is 11.5 Å². The van der Waals surface area contributed by atoms with Gasteiger partial charge in [-0.3, -0.25) is 25.8 Å². The van der Waals surface area contributed by atoms with Crippen LogP contribution in [0.5, 0.6) is 11.5 Å². The average molecular weight is 456 g/mol. The number of halogens is 2. The minimum absolute atomic E-state index is 0.101. The van der Waals surface area contributed by atoms with Gasteiger partial charge in [-0.2, -0.15) is 0 Å². The largest absolute Gasteiger partial charge is 0.484 e. The quantitative estimate of drug-likeness (QED) is 0.457. The molecule has 10 heteroatoms. The molecule has 0 spiro atoms. The van der Waals surface area contributed by atoms with Crippen LogP contribution in [0.4, 0.5) is 0 Å². The van der Waals surface area contributed by atoms with E-state index >= 15 is 0 Å². The second-order valence-corrected chi connectivity index (χ2v) is 7.18. The molecule has 29 heavy (non-hydrogen) atoms. The van der Waals surface area contributed by atoms with Crippen molar-refractivity contribution in [3.8, 4) is 11.5 Å². The maximum Gasteiger partial charge on any atom is 0.276 e. The molecular weight excluding hydrogens is 437 g/mol. The van der Waals surface area contributed by atoms with Gasteiger partial charge in [0.25, 0.3) is 11.8 Å². The van der Waals surface area contributed by atoms with Crippen LogP contribution in [0.2, 0.25) is 10.0 Å². The molecule has 2 aromatic carbocycles. The van der Waals surface area contributed by atoms with E-state index < -0.39 is 17.9 Å². The van der Waals surface area contributed by atoms with Crippen LogP contribution in [0, 0.1) is 6.92 Å². The van der Waals surface area contributed by atoms with Crippen LogP contribution in [0.1, 0.15) is 12.5 Å². The lowest BCUT2D eigenvalue weighted by molar-refractivity contribution is -0.126. The minimum Gasteiger partial charge on any atom is -0.484 e. The van der Waals surface area contributed by atoms with Crippen molar-refractivity contribution in [3.05, 3.63) is 58.1 Å². The van der Waals surface area contributed by atoms with Crippen molar-refractivity contribution in [2.24, 2.45) is 0 Å². The summed E-state index contributed by atoms with van der Waals surface area (Å²) in [5, 5.41) is 3.02. The zero-order valence-electron chi connectivity index (χ0n) is 15.6. The number of benzene rings is 2. The Hall–Kier alpha value is -2.55. The van der Waals surface area contributed by atoms with Crippen LogP contribution in [0.3, 0.4) is 0 Å². The molecule has 3 N–H and O–H groups in total. The van der Waals surface area contributed by atoms with Crippen molar-refractivity contribution in [2.75, 3.05) is 6.61 Å². The fraction of sp³-hybridized carbons (Fsp3) is 0.211. The van der Waals surface area contributed by atoms with Gasteiger partial charge in [-0.25, -0.2) is 0 Å². The number of nitrogens with one attached hydrogen (secondary N) is 3. The third-order valence-corrected chi connectivity index (χ3v) is 4.24. The lowest BCUT2D eigenvalue weighted by atomic mass is 10.2. The summed E-state index contributed by atoms with van der Waals surface area (Å²) < 4.78 is 10.8. The monoisotopic (exact) mass is 455 g/mol. The van der Waals surface area contributed by atoms with E-state index in [2.05, 4.69) is 16.2 Å². The van der Waals surface area contributed by atoms with Crippen molar-refractivity contribution < 1.29 is 19.1 Å². The Morgan fingerprint density at radius 2 is 1.79 bits per heavy atom. The Bertz CT molecular complexity index is 894. The summed E-state index contributed by atoms with van der Waals surface area (Å²) >= 11 is 16.8. The van der Waals surface area contributed by atoms with E-state index in [-0.39, 0.29) is 16.7 Å². The summed E-state index contributed by atoms with van der Waals surface area (Å²) in [6.07, 6.45) is -0.894. The second-order valence-electron chi connectivity index (χ2n) is 5.93. The van der Waals surface area contributed by atoms with E-state index in [1.54, 1.807) is 24.3 Å². The molecule has 154 valence electrons. The Morgan fingerprint density at radius 1 is 1.10 bits per heavy atom. The van der Waals surface area contributed by atoms with Gasteiger partial charge in [0.05, 0.1) is 5.02 Å². The Balaban J connectivity index is 1.72. The Kier molecular flexibility index (Phi) is 8.50. The van der Waals surface area contributed by atoms with Gasteiger partial charge in [-0.05, 0) is 56.4 Å². The van der Waals surface area contributed by atoms with Gasteiger partial charge in [-0.15, -0.1) is 0 Å². The molecule has 0 heterocycles. The molecule has 0 bridgehead atoms. The number of hydrazine groups is 1. The normalized spacial score (nSPS) is 11.2. The average Bonchev–Trinajstić information content (AvgIpc) is 2.68. The molecule has 0 fully saturated rings. The van der Waals surface area contributed by atoms with Crippen LogP contribution < -0.4 is 25.6 Å². The number of thiocarbonyl (C=S) groups is 1. The standard InChI is InChI=1S/C19H19Cl2N3O4S/c1-11-3-6-14(7-4-11)27-10-17(25)23-24-19(29)22-18(26)12(2)28-16-8-5-13(20)9-15(16)21/h3-9,12H,10H2,1-2H3,(H,23,25)(H2,22,24,26,29). The molecule has 0 aliphatic carbocycles. The lowest BCUT2D eigenvalue weighted by Crippen LogP contribution is -2.51. The maximum absolute atomic E-state index is 12.1. The highest BCUT2D eigenvalue weighted by molar-refractivity contribution is 7.80. The molecule has 2 rings (SSSR count). The molecule has 0 saturated carbocycles. The molecule has 1 atom stereocenters. The first-order valence-electron chi connectivity index (χ1n) is 8.45. The van der Waals surface area contributed by atoms with Gasteiger partial charge in [0.2, 0.25) is 0 Å². The zero-order valence-corrected chi connectivity index (χ0v) is 18.0. The van der Waals surface area contributed by atoms with E-state index in [9.17, 15) is 9.59 Å². The summed E-state index contributed by atoms with van der Waals surface area (Å²) in [4.78, 5) is 23.9. The highest BCUT2D eigenvalue weighted by Gasteiger charge is 2.17. The van der Waals surface area contributed by atoms with Crippen molar-refractivity contribution in [3.63, 3.8) is 0 Å². The highest BCUT2D eigenvalue weighted by Crippen LogP contribution is 2.28. The third-order valence-electron chi connectivity index (χ3n) is 3.51. The fourth-order valence-corrected chi connectivity index (χ4v) is 2.61. The summed E-state index contributed by atoms with van der Waals surface area (Å²) in [5.41, 5.74) is 5.83. The number of rotatable bonds is 6. The van der Waals surface area contributed by atoms with Crippen molar-refractivity contribution in [2.45, 2.75) is 20.0 Å². The molecule has 0 aliphatic rings. The van der Waals surface area contributed by atoms with Crippen molar-refractivity contribution >= 4 is 52.3 Å². The first-order valence-corrected chi connectivity index (χ1v) is 9.62. The SMILES string of the molecule is Cc1ccc(OCC(=O)NNC(=S)NC(=O)C(C)Oc2ccc(Cl)cc2Cl)cc1. The van der Waals surface area contributed by atoms with Crippen molar-refractivity contribution in [1.82, 2.24) is 16.2 Å². The number of aryl methyl sites for hydroxylation is 1. The van der Waals surface area contributed by atoms with Gasteiger partial charge in [0, 0.05) is 5.02 Å². The number of carbonyl (C=O) groups excluding carboxylic acids is 2. The minimum atomic E-state index is -0.894. The zero-order chi connectivity index (χ0) is 21.4. The van der Waals surface area contributed by atoms with Crippen molar-refractivity contribution in [1.29, 1.82) is 0 Å². The molecule has 1 unspecified atom stereocenters. The van der Waals surface area contributed by atoms with Crippen LogP contribution in [-0.2, 0) is 9.59 Å². The molecule has 2 aromatic rings. The Labute approximate surface area is 183 Å². The summed E-state index contributed by atoms with van der Waals surface area (Å²) in [6, 6.07) is 11.9. The van der Waals surface area contributed by atoms with Gasteiger partial charge in [0.15, 0.2) is 17.8 Å². The number of hydrogen-bond donors (Lipinski definition) is 3. The van der Waals surface area contributed by atoms with E-state index in [1.165, 1.54) is 13.0 Å². The fourth-order valence-electron chi connectivity index (χ4n) is 2.01. The molecule has 0 aliphatic heterocycles. The molecule has 7 nitrogen and oxygen atoms in total. The van der Waals surface area contributed by atoms with E-state index in [1.807, 2.05) is 19.1 Å². The van der Waals surface area contributed by atoms with E-state index in [0.29, 0.717) is 16.5 Å². The molecule has 0 aromatic heterocycles. The third kappa shape index (κ3) is 7.77. The van der Waals surface area contributed by atoms with Crippen LogP contribution in [0.25, 0.3) is 0 Å². The first kappa shape index (κ1) is 22.7. The first-order chi connectivity index (χ1) is 13.7. The number of carbonyl (C=O) groups is 2. The van der Waals surface area contributed by atoms with Crippen LogP contribution in [-0.4, -0.2) is 29.6 Å². The highest BCUT2D eigenvalue weighted by atomic mass is 35.5. The Morgan fingerprint density at radius 3 is 2.45 bits per heavy atom. The smallest absolute Gasteiger partial charge is 0.276 e. The van der Waals surface area contributed by atoms with E-state index in [0.717, 1.165) is 5.56 Å². The summed E-state index contributed by atoms with van der Waals surface area (Å²) in [6.45, 7) is 3.25. The van der Waals surface area contributed by atoms with E-state index in [4.69, 9.17) is 44.9 Å². The topological polar surface area (TPSA) is 88.7 Å². The summed E-state index contributed by atoms with van der Waals surface area (Å²) in [7, 11) is 0. The molecule has 0 saturated heterocycles. The lowest BCUT2D eigenvalue weighted by Gasteiger charge is -2.17. The maximum atomic E-state index is 12.1. The number of amides is 2. The van der Waals surface area contributed by atoms with Crippen LogP contribution >= 0.6 is 35.4 Å². The molecular formula is C19H19Cl2N3O4S. The summed E-state index contributed by atoms with van der Waals surface area (Å²) in [5.74, 6) is -0.134. The predicted molar refractivity (Wildman–Crippen MR) is 115 cm³/mol. The molecule has 0 radical (unpaired) electrons. The number of ether oxygens (including phenoxy) is 2.